The molecule has 1 heterocycles. The Morgan fingerprint density at radius 1 is 1.43 bits per heavy atom. The van der Waals surface area contributed by atoms with Gasteiger partial charge in [-0.15, -0.1) is 0 Å². The molecule has 1 fully saturated rings. The van der Waals surface area contributed by atoms with E-state index in [-0.39, 0.29) is 4.90 Å². The molecule has 0 amide bonds. The summed E-state index contributed by atoms with van der Waals surface area (Å²) in [7, 11) is -3.12. The van der Waals surface area contributed by atoms with Gasteiger partial charge in [0.05, 0.1) is 4.90 Å². The largest absolute Gasteiger partial charge is 0.367 e. The Hall–Kier alpha value is -1.10. The third-order valence-corrected chi connectivity index (χ3v) is 3.19. The molecule has 0 unspecified atom stereocenters. The van der Waals surface area contributed by atoms with Gasteiger partial charge in [-0.05, 0) is 25.0 Å². The molecule has 4 nitrogen and oxygen atoms in total. The maximum Gasteiger partial charge on any atom is 0.177 e. The van der Waals surface area contributed by atoms with Crippen LogP contribution in [0.3, 0.4) is 0 Å². The van der Waals surface area contributed by atoms with Crippen LogP contribution in [0.2, 0.25) is 0 Å². The molecule has 5 heteroatoms. The van der Waals surface area contributed by atoms with E-state index in [1.807, 2.05) is 0 Å². The molecule has 2 rings (SSSR count). The maximum absolute atomic E-state index is 11.1. The third-order valence-electron chi connectivity index (χ3n) is 2.09. The molecule has 1 aromatic rings. The van der Waals surface area contributed by atoms with E-state index < -0.39 is 9.84 Å². The van der Waals surface area contributed by atoms with Crippen molar-refractivity contribution in [2.75, 3.05) is 11.6 Å². The van der Waals surface area contributed by atoms with E-state index in [2.05, 4.69) is 10.3 Å². The topological polar surface area (TPSA) is 59.1 Å². The van der Waals surface area contributed by atoms with Gasteiger partial charge in [-0.3, -0.25) is 0 Å². The van der Waals surface area contributed by atoms with Crippen molar-refractivity contribution in [1.82, 2.24) is 4.98 Å². The molecule has 0 atom stereocenters. The monoisotopic (exact) mass is 212 g/mol. The van der Waals surface area contributed by atoms with Crippen LogP contribution in [-0.4, -0.2) is 25.7 Å². The number of hydrogen-bond acceptors (Lipinski definition) is 4. The molecule has 0 spiro atoms. The Bertz CT molecular complexity index is 421. The van der Waals surface area contributed by atoms with Gasteiger partial charge in [0.15, 0.2) is 9.84 Å². The van der Waals surface area contributed by atoms with Gasteiger partial charge in [-0.2, -0.15) is 0 Å². The number of rotatable bonds is 3. The highest BCUT2D eigenvalue weighted by Gasteiger charge is 2.21. The van der Waals surface area contributed by atoms with E-state index >= 15 is 0 Å². The van der Waals surface area contributed by atoms with Crippen LogP contribution in [0, 0.1) is 0 Å². The minimum Gasteiger partial charge on any atom is -0.367 e. The predicted octanol–water partition coefficient (Wildman–Crippen LogP) is 1.06. The lowest BCUT2D eigenvalue weighted by Crippen LogP contribution is -2.04. The van der Waals surface area contributed by atoms with Gasteiger partial charge in [0.1, 0.15) is 5.82 Å². The van der Waals surface area contributed by atoms with Crippen LogP contribution in [0.25, 0.3) is 0 Å². The first-order valence-electron chi connectivity index (χ1n) is 4.48. The van der Waals surface area contributed by atoms with Gasteiger partial charge in [-0.1, -0.05) is 0 Å². The molecule has 1 aliphatic rings. The van der Waals surface area contributed by atoms with Crippen LogP contribution < -0.4 is 5.32 Å². The van der Waals surface area contributed by atoms with E-state index in [1.54, 1.807) is 12.1 Å². The molecule has 0 bridgehead atoms. The Morgan fingerprint density at radius 3 is 2.57 bits per heavy atom. The van der Waals surface area contributed by atoms with E-state index in [0.717, 1.165) is 5.82 Å². The minimum absolute atomic E-state index is 0.263. The van der Waals surface area contributed by atoms with E-state index in [4.69, 9.17) is 0 Å². The van der Waals surface area contributed by atoms with Crippen molar-refractivity contribution in [2.45, 2.75) is 23.8 Å². The molecule has 0 saturated heterocycles. The summed E-state index contributed by atoms with van der Waals surface area (Å²) in [6.07, 6.45) is 4.92. The summed E-state index contributed by atoms with van der Waals surface area (Å²) in [5.74, 6) is 0.750. The van der Waals surface area contributed by atoms with Crippen molar-refractivity contribution in [3.63, 3.8) is 0 Å². The SMILES string of the molecule is CS(=O)(=O)c1ccc(NC2CC2)nc1. The first-order valence-corrected chi connectivity index (χ1v) is 6.37. The van der Waals surface area contributed by atoms with Gasteiger partial charge in [0.25, 0.3) is 0 Å². The van der Waals surface area contributed by atoms with E-state index in [9.17, 15) is 8.42 Å². The highest BCUT2D eigenvalue weighted by Crippen LogP contribution is 2.23. The average Bonchev–Trinajstić information content (AvgIpc) is 2.88. The molecular weight excluding hydrogens is 200 g/mol. The van der Waals surface area contributed by atoms with Gasteiger partial charge < -0.3 is 5.32 Å². The lowest BCUT2D eigenvalue weighted by molar-refractivity contribution is 0.601. The molecular formula is C9H12N2O2S. The number of anilines is 1. The second-order valence-electron chi connectivity index (χ2n) is 3.57. The zero-order chi connectivity index (χ0) is 10.2. The summed E-state index contributed by atoms with van der Waals surface area (Å²) < 4.78 is 22.2. The highest BCUT2D eigenvalue weighted by atomic mass is 32.2. The number of nitrogens with zero attached hydrogens (tertiary/aromatic N) is 1. The lowest BCUT2D eigenvalue weighted by atomic mass is 10.4. The standard InChI is InChI=1S/C9H12N2O2S/c1-14(12,13)8-4-5-9(10-6-8)11-7-2-3-7/h4-7H,2-3H2,1H3,(H,10,11). The number of hydrogen-bond donors (Lipinski definition) is 1. The zero-order valence-electron chi connectivity index (χ0n) is 7.90. The Balaban J connectivity index is 2.16. The first kappa shape index (κ1) is 9.45. The van der Waals surface area contributed by atoms with Crippen molar-refractivity contribution >= 4 is 15.7 Å². The quantitative estimate of drug-likeness (QED) is 0.814. The van der Waals surface area contributed by atoms with Gasteiger partial charge >= 0.3 is 0 Å². The van der Waals surface area contributed by atoms with Crippen LogP contribution in [0.5, 0.6) is 0 Å². The van der Waals surface area contributed by atoms with Crippen molar-refractivity contribution in [1.29, 1.82) is 0 Å². The van der Waals surface area contributed by atoms with Crippen LogP contribution >= 0.6 is 0 Å². The van der Waals surface area contributed by atoms with E-state index in [1.165, 1.54) is 25.3 Å². The molecule has 1 aliphatic carbocycles. The number of nitrogens with one attached hydrogen (secondary N) is 1. The fourth-order valence-corrected chi connectivity index (χ4v) is 1.68. The molecule has 76 valence electrons. The molecule has 1 aromatic heterocycles. The van der Waals surface area contributed by atoms with Gasteiger partial charge in [-0.25, -0.2) is 13.4 Å². The van der Waals surface area contributed by atoms with Crippen molar-refractivity contribution in [3.8, 4) is 0 Å². The summed E-state index contributed by atoms with van der Waals surface area (Å²) in [6.45, 7) is 0. The average molecular weight is 212 g/mol. The van der Waals surface area contributed by atoms with E-state index in [0.29, 0.717) is 6.04 Å². The Morgan fingerprint density at radius 2 is 2.14 bits per heavy atom. The van der Waals surface area contributed by atoms with Crippen LogP contribution in [0.15, 0.2) is 23.2 Å². The summed E-state index contributed by atoms with van der Waals surface area (Å²) in [4.78, 5) is 4.30. The third kappa shape index (κ3) is 2.23. The smallest absolute Gasteiger partial charge is 0.177 e. The van der Waals surface area contributed by atoms with Crippen molar-refractivity contribution in [3.05, 3.63) is 18.3 Å². The molecule has 0 aromatic carbocycles. The van der Waals surface area contributed by atoms with Crippen molar-refractivity contribution in [2.24, 2.45) is 0 Å². The lowest BCUT2D eigenvalue weighted by Gasteiger charge is -2.03. The molecule has 1 N–H and O–H groups in total. The number of sulfone groups is 1. The Kier molecular flexibility index (Phi) is 2.19. The maximum atomic E-state index is 11.1. The molecule has 0 aliphatic heterocycles. The number of pyridine rings is 1. The summed E-state index contributed by atoms with van der Waals surface area (Å²) >= 11 is 0. The second kappa shape index (κ2) is 3.24. The van der Waals surface area contributed by atoms with Crippen LogP contribution in [0.4, 0.5) is 5.82 Å². The van der Waals surface area contributed by atoms with Crippen LogP contribution in [-0.2, 0) is 9.84 Å². The van der Waals surface area contributed by atoms with Crippen molar-refractivity contribution < 1.29 is 8.42 Å². The predicted molar refractivity (Wildman–Crippen MR) is 54.0 cm³/mol. The second-order valence-corrected chi connectivity index (χ2v) is 5.59. The molecule has 1 saturated carbocycles. The first-order chi connectivity index (χ1) is 6.55. The number of aromatic nitrogens is 1. The summed E-state index contributed by atoms with van der Waals surface area (Å²) in [6, 6.07) is 3.81. The normalized spacial score (nSPS) is 16.6. The Labute approximate surface area is 83.3 Å². The fraction of sp³-hybridized carbons (Fsp3) is 0.444. The molecule has 14 heavy (non-hydrogen) atoms. The fourth-order valence-electron chi connectivity index (χ4n) is 1.12. The van der Waals surface area contributed by atoms with Gasteiger partial charge in [0.2, 0.25) is 0 Å². The zero-order valence-corrected chi connectivity index (χ0v) is 8.71. The van der Waals surface area contributed by atoms with Crippen LogP contribution in [0.1, 0.15) is 12.8 Å². The molecule has 0 radical (unpaired) electrons. The highest BCUT2D eigenvalue weighted by molar-refractivity contribution is 7.90. The summed E-state index contributed by atoms with van der Waals surface area (Å²) in [5, 5.41) is 3.19. The minimum atomic E-state index is -3.12. The summed E-state index contributed by atoms with van der Waals surface area (Å²) in [5.41, 5.74) is 0. The van der Waals surface area contributed by atoms with Gasteiger partial charge in [0, 0.05) is 18.5 Å².